The third-order valence-corrected chi connectivity index (χ3v) is 3.88. The Bertz CT molecular complexity index is 666. The topological polar surface area (TPSA) is 29.3 Å². The van der Waals surface area contributed by atoms with Gasteiger partial charge < -0.3 is 5.32 Å². The summed E-state index contributed by atoms with van der Waals surface area (Å²) in [5.41, 5.74) is 3.67. The molecule has 2 aromatic heterocycles. The SMILES string of the molecule is CCNCc1ccc2c(c1)sc1nc(C)cn12. The maximum atomic E-state index is 4.51. The van der Waals surface area contributed by atoms with E-state index in [2.05, 4.69) is 46.0 Å². The average molecular weight is 245 g/mol. The van der Waals surface area contributed by atoms with Gasteiger partial charge in [0.2, 0.25) is 0 Å². The summed E-state index contributed by atoms with van der Waals surface area (Å²) in [4.78, 5) is 5.59. The van der Waals surface area contributed by atoms with Crippen LogP contribution in [0.2, 0.25) is 0 Å². The standard InChI is InChI=1S/C13H15N3S/c1-3-14-7-10-4-5-11-12(6-10)17-13-15-9(2)8-16(11)13/h4-6,8,14H,3,7H2,1-2H3. The van der Waals surface area contributed by atoms with E-state index < -0.39 is 0 Å². The summed E-state index contributed by atoms with van der Waals surface area (Å²) in [6.45, 7) is 6.10. The molecular weight excluding hydrogens is 230 g/mol. The monoisotopic (exact) mass is 245 g/mol. The highest BCUT2D eigenvalue weighted by Crippen LogP contribution is 2.27. The molecule has 0 saturated carbocycles. The lowest BCUT2D eigenvalue weighted by Crippen LogP contribution is -2.11. The molecule has 3 nitrogen and oxygen atoms in total. The highest BCUT2D eigenvalue weighted by Gasteiger charge is 2.07. The van der Waals surface area contributed by atoms with Crippen LogP contribution in [0, 0.1) is 6.92 Å². The van der Waals surface area contributed by atoms with E-state index in [9.17, 15) is 0 Å². The Morgan fingerprint density at radius 2 is 2.29 bits per heavy atom. The average Bonchev–Trinajstić information content (AvgIpc) is 2.81. The molecule has 0 unspecified atom stereocenters. The van der Waals surface area contributed by atoms with Gasteiger partial charge in [0.05, 0.1) is 15.9 Å². The molecule has 3 aromatic rings. The first-order valence-electron chi connectivity index (χ1n) is 5.86. The van der Waals surface area contributed by atoms with Gasteiger partial charge >= 0.3 is 0 Å². The molecule has 17 heavy (non-hydrogen) atoms. The Balaban J connectivity index is 2.10. The van der Waals surface area contributed by atoms with Crippen LogP contribution in [0.5, 0.6) is 0 Å². The summed E-state index contributed by atoms with van der Waals surface area (Å²) in [6.07, 6.45) is 2.10. The second-order valence-electron chi connectivity index (χ2n) is 4.22. The van der Waals surface area contributed by atoms with Crippen molar-refractivity contribution in [3.8, 4) is 0 Å². The van der Waals surface area contributed by atoms with Crippen molar-refractivity contribution in [3.05, 3.63) is 35.7 Å². The van der Waals surface area contributed by atoms with Gasteiger partial charge in [0.1, 0.15) is 0 Å². The van der Waals surface area contributed by atoms with Gasteiger partial charge in [0.25, 0.3) is 0 Å². The second kappa shape index (κ2) is 4.13. The normalized spacial score (nSPS) is 11.6. The Morgan fingerprint density at radius 3 is 3.12 bits per heavy atom. The predicted octanol–water partition coefficient (Wildman–Crippen LogP) is 2.97. The Kier molecular flexibility index (Phi) is 2.61. The minimum Gasteiger partial charge on any atom is -0.313 e. The number of thiazole rings is 1. The van der Waals surface area contributed by atoms with Gasteiger partial charge in [-0.25, -0.2) is 4.98 Å². The first-order chi connectivity index (χ1) is 8.28. The van der Waals surface area contributed by atoms with Crippen LogP contribution < -0.4 is 5.32 Å². The summed E-state index contributed by atoms with van der Waals surface area (Å²) in [6, 6.07) is 6.63. The highest BCUT2D eigenvalue weighted by molar-refractivity contribution is 7.23. The molecule has 1 aromatic carbocycles. The maximum Gasteiger partial charge on any atom is 0.194 e. The quantitative estimate of drug-likeness (QED) is 0.768. The van der Waals surface area contributed by atoms with Gasteiger partial charge in [-0.1, -0.05) is 24.3 Å². The summed E-state index contributed by atoms with van der Waals surface area (Å²) in [7, 11) is 0. The molecule has 0 bridgehead atoms. The van der Waals surface area contributed by atoms with Gasteiger partial charge in [0, 0.05) is 12.7 Å². The van der Waals surface area contributed by atoms with Gasteiger partial charge in [-0.05, 0) is 31.2 Å². The lowest BCUT2D eigenvalue weighted by molar-refractivity contribution is 0.727. The molecule has 0 aliphatic heterocycles. The smallest absolute Gasteiger partial charge is 0.194 e. The fourth-order valence-electron chi connectivity index (χ4n) is 2.04. The fraction of sp³-hybridized carbons (Fsp3) is 0.308. The molecule has 0 aliphatic carbocycles. The number of hydrogen-bond acceptors (Lipinski definition) is 3. The lowest BCUT2D eigenvalue weighted by atomic mass is 10.2. The number of imidazole rings is 1. The van der Waals surface area contributed by atoms with Crippen LogP contribution >= 0.6 is 11.3 Å². The van der Waals surface area contributed by atoms with Crippen LogP contribution in [-0.4, -0.2) is 15.9 Å². The molecule has 88 valence electrons. The number of nitrogens with zero attached hydrogens (tertiary/aromatic N) is 2. The van der Waals surface area contributed by atoms with E-state index in [0.717, 1.165) is 23.7 Å². The van der Waals surface area contributed by atoms with Crippen molar-refractivity contribution in [3.63, 3.8) is 0 Å². The summed E-state index contributed by atoms with van der Waals surface area (Å²) >= 11 is 1.75. The molecule has 0 atom stereocenters. The van der Waals surface area contributed by atoms with E-state index in [1.165, 1.54) is 15.8 Å². The van der Waals surface area contributed by atoms with Crippen LogP contribution in [0.25, 0.3) is 15.2 Å². The van der Waals surface area contributed by atoms with Crippen LogP contribution in [0.4, 0.5) is 0 Å². The number of aromatic nitrogens is 2. The summed E-state index contributed by atoms with van der Waals surface area (Å²) in [5.74, 6) is 0. The molecule has 4 heteroatoms. The first-order valence-corrected chi connectivity index (χ1v) is 6.67. The summed E-state index contributed by atoms with van der Waals surface area (Å²) in [5, 5.41) is 3.35. The van der Waals surface area contributed by atoms with Gasteiger partial charge in [0.15, 0.2) is 4.96 Å². The molecule has 1 N–H and O–H groups in total. The number of hydrogen-bond donors (Lipinski definition) is 1. The minimum absolute atomic E-state index is 0.936. The summed E-state index contributed by atoms with van der Waals surface area (Å²) < 4.78 is 3.48. The van der Waals surface area contributed by atoms with Crippen LogP contribution in [-0.2, 0) is 6.54 Å². The zero-order valence-corrected chi connectivity index (χ0v) is 10.8. The molecule has 0 fully saturated rings. The number of benzene rings is 1. The second-order valence-corrected chi connectivity index (χ2v) is 5.23. The Labute approximate surface area is 104 Å². The molecule has 3 rings (SSSR count). The van der Waals surface area contributed by atoms with E-state index in [1.54, 1.807) is 11.3 Å². The van der Waals surface area contributed by atoms with E-state index in [-0.39, 0.29) is 0 Å². The van der Waals surface area contributed by atoms with Crippen molar-refractivity contribution in [2.24, 2.45) is 0 Å². The van der Waals surface area contributed by atoms with Crippen LogP contribution in [0.15, 0.2) is 24.4 Å². The van der Waals surface area contributed by atoms with E-state index >= 15 is 0 Å². The molecule has 0 amide bonds. The van der Waals surface area contributed by atoms with Crippen molar-refractivity contribution in [2.45, 2.75) is 20.4 Å². The molecule has 0 saturated heterocycles. The number of fused-ring (bicyclic) bond motifs is 3. The number of nitrogens with one attached hydrogen (secondary N) is 1. The zero-order valence-electron chi connectivity index (χ0n) is 10.0. The maximum absolute atomic E-state index is 4.51. The molecular formula is C13H15N3S. The number of aryl methyl sites for hydroxylation is 1. The predicted molar refractivity (Wildman–Crippen MR) is 72.7 cm³/mol. The van der Waals surface area contributed by atoms with Crippen molar-refractivity contribution >= 4 is 26.5 Å². The fourth-order valence-corrected chi connectivity index (χ4v) is 3.15. The Morgan fingerprint density at radius 1 is 1.41 bits per heavy atom. The Hall–Kier alpha value is -1.39. The lowest BCUT2D eigenvalue weighted by Gasteiger charge is -2.01. The molecule has 0 spiro atoms. The zero-order chi connectivity index (χ0) is 11.8. The van der Waals surface area contributed by atoms with E-state index in [4.69, 9.17) is 0 Å². The van der Waals surface area contributed by atoms with Crippen LogP contribution in [0.1, 0.15) is 18.2 Å². The van der Waals surface area contributed by atoms with Crippen molar-refractivity contribution in [1.29, 1.82) is 0 Å². The third-order valence-electron chi connectivity index (χ3n) is 2.86. The number of rotatable bonds is 3. The van der Waals surface area contributed by atoms with Gasteiger partial charge in [-0.2, -0.15) is 0 Å². The van der Waals surface area contributed by atoms with Crippen molar-refractivity contribution < 1.29 is 0 Å². The molecule has 0 aliphatic rings. The largest absolute Gasteiger partial charge is 0.313 e. The minimum atomic E-state index is 0.936. The van der Waals surface area contributed by atoms with E-state index in [1.807, 2.05) is 6.92 Å². The highest BCUT2D eigenvalue weighted by atomic mass is 32.1. The van der Waals surface area contributed by atoms with Crippen molar-refractivity contribution in [1.82, 2.24) is 14.7 Å². The van der Waals surface area contributed by atoms with Gasteiger partial charge in [-0.15, -0.1) is 0 Å². The van der Waals surface area contributed by atoms with Crippen LogP contribution in [0.3, 0.4) is 0 Å². The molecule has 0 radical (unpaired) electrons. The first kappa shape index (κ1) is 10.7. The molecule has 2 heterocycles. The van der Waals surface area contributed by atoms with Crippen molar-refractivity contribution in [2.75, 3.05) is 6.54 Å². The van der Waals surface area contributed by atoms with Gasteiger partial charge in [-0.3, -0.25) is 4.40 Å². The third kappa shape index (κ3) is 1.83. The van der Waals surface area contributed by atoms with E-state index in [0.29, 0.717) is 0 Å².